The molecule has 0 radical (unpaired) electrons. The molecule has 0 heterocycles. The third-order valence-corrected chi connectivity index (χ3v) is 3.27. The molecule has 0 aromatic heterocycles. The molecule has 116 valence electrons. The average Bonchev–Trinajstić information content (AvgIpc) is 2.47. The van der Waals surface area contributed by atoms with Gasteiger partial charge in [0.1, 0.15) is 0 Å². The van der Waals surface area contributed by atoms with Gasteiger partial charge in [0.15, 0.2) is 11.5 Å². The van der Waals surface area contributed by atoms with Crippen LogP contribution in [0, 0.1) is 0 Å². The van der Waals surface area contributed by atoms with Crippen LogP contribution in [0.3, 0.4) is 0 Å². The molecule has 0 spiro atoms. The molecule has 2 aromatic rings. The molecule has 0 amide bonds. The van der Waals surface area contributed by atoms with E-state index in [1.807, 2.05) is 0 Å². The first-order valence-corrected chi connectivity index (χ1v) is 6.88. The van der Waals surface area contributed by atoms with Crippen LogP contribution in [0.5, 0.6) is 11.5 Å². The van der Waals surface area contributed by atoms with E-state index in [1.165, 1.54) is 25.5 Å². The Kier molecular flexibility index (Phi) is 4.75. The molecule has 0 aliphatic rings. The maximum Gasteiger partial charge on any atom is 0.416 e. The molecule has 3 nitrogen and oxygen atoms in total. The first-order valence-electron chi connectivity index (χ1n) is 6.09. The van der Waals surface area contributed by atoms with E-state index in [0.29, 0.717) is 10.0 Å². The first kappa shape index (κ1) is 16.4. The van der Waals surface area contributed by atoms with Gasteiger partial charge in [-0.1, -0.05) is 22.0 Å². The number of phenols is 1. The van der Waals surface area contributed by atoms with E-state index in [-0.39, 0.29) is 17.2 Å². The normalized spacial score (nSPS) is 11.9. The number of hydrogen-bond donors (Lipinski definition) is 1. The van der Waals surface area contributed by atoms with Gasteiger partial charge in [-0.25, -0.2) is 0 Å². The van der Waals surface area contributed by atoms with Gasteiger partial charge in [-0.2, -0.15) is 13.2 Å². The number of hydrogen-bond acceptors (Lipinski definition) is 3. The quantitative estimate of drug-likeness (QED) is 0.774. The topological polar surface area (TPSA) is 41.8 Å². The fourth-order valence-electron chi connectivity index (χ4n) is 1.76. The van der Waals surface area contributed by atoms with Gasteiger partial charge in [0.05, 0.1) is 18.4 Å². The Morgan fingerprint density at radius 2 is 1.95 bits per heavy atom. The number of rotatable bonds is 3. The van der Waals surface area contributed by atoms with Crippen LogP contribution >= 0.6 is 15.9 Å². The minimum atomic E-state index is -4.42. The standard InChI is InChI=1S/C15H11BrF3NO2/c1-22-13-7-11(16)5-9(14(13)21)8-20-12-4-2-3-10(6-12)15(17,18)19/h2-8,21H,1H3/b20-8-. The SMILES string of the molecule is COc1cc(Br)cc(/C=N\c2cccc(C(F)(F)F)c2)c1O. The smallest absolute Gasteiger partial charge is 0.416 e. The van der Waals surface area contributed by atoms with Crippen molar-refractivity contribution in [3.8, 4) is 11.5 Å². The summed E-state index contributed by atoms with van der Waals surface area (Å²) < 4.78 is 43.5. The molecule has 0 fully saturated rings. The molecule has 0 atom stereocenters. The lowest BCUT2D eigenvalue weighted by Crippen LogP contribution is -2.03. The molecule has 0 saturated heterocycles. The lowest BCUT2D eigenvalue weighted by atomic mass is 10.2. The Morgan fingerprint density at radius 3 is 2.59 bits per heavy atom. The largest absolute Gasteiger partial charge is 0.504 e. The second kappa shape index (κ2) is 6.39. The Labute approximate surface area is 133 Å². The van der Waals surface area contributed by atoms with Gasteiger partial charge in [0, 0.05) is 16.3 Å². The van der Waals surface area contributed by atoms with Crippen LogP contribution in [-0.4, -0.2) is 18.4 Å². The Bertz CT molecular complexity index is 714. The maximum atomic E-state index is 12.6. The summed E-state index contributed by atoms with van der Waals surface area (Å²) in [5, 5.41) is 9.96. The number of nitrogens with zero attached hydrogens (tertiary/aromatic N) is 1. The zero-order valence-electron chi connectivity index (χ0n) is 11.4. The van der Waals surface area contributed by atoms with Gasteiger partial charge >= 0.3 is 6.18 Å². The minimum absolute atomic E-state index is 0.133. The van der Waals surface area contributed by atoms with E-state index >= 15 is 0 Å². The van der Waals surface area contributed by atoms with Crippen LogP contribution in [0.1, 0.15) is 11.1 Å². The molecule has 0 aliphatic carbocycles. The van der Waals surface area contributed by atoms with Crippen molar-refractivity contribution in [2.75, 3.05) is 7.11 Å². The molecule has 2 aromatic carbocycles. The molecule has 22 heavy (non-hydrogen) atoms. The molecule has 2 rings (SSSR count). The fourth-order valence-corrected chi connectivity index (χ4v) is 2.21. The van der Waals surface area contributed by atoms with E-state index in [2.05, 4.69) is 20.9 Å². The summed E-state index contributed by atoms with van der Waals surface area (Å²) >= 11 is 3.25. The van der Waals surface area contributed by atoms with Crippen molar-refractivity contribution in [1.29, 1.82) is 0 Å². The minimum Gasteiger partial charge on any atom is -0.504 e. The highest BCUT2D eigenvalue weighted by Gasteiger charge is 2.30. The van der Waals surface area contributed by atoms with E-state index in [4.69, 9.17) is 4.74 Å². The van der Waals surface area contributed by atoms with Crippen molar-refractivity contribution in [2.45, 2.75) is 6.18 Å². The fraction of sp³-hybridized carbons (Fsp3) is 0.133. The number of benzene rings is 2. The van der Waals surface area contributed by atoms with Gasteiger partial charge in [0.25, 0.3) is 0 Å². The summed E-state index contributed by atoms with van der Waals surface area (Å²) in [7, 11) is 1.40. The Morgan fingerprint density at radius 1 is 1.23 bits per heavy atom. The highest BCUT2D eigenvalue weighted by atomic mass is 79.9. The third kappa shape index (κ3) is 3.79. The zero-order valence-corrected chi connectivity index (χ0v) is 12.9. The van der Waals surface area contributed by atoms with Gasteiger partial charge in [0.2, 0.25) is 0 Å². The number of halogens is 4. The highest BCUT2D eigenvalue weighted by molar-refractivity contribution is 9.10. The van der Waals surface area contributed by atoms with Crippen molar-refractivity contribution in [2.24, 2.45) is 4.99 Å². The summed E-state index contributed by atoms with van der Waals surface area (Å²) in [5.74, 6) is 0.0984. The van der Waals surface area contributed by atoms with Crippen LogP contribution in [-0.2, 0) is 6.18 Å². The molecule has 7 heteroatoms. The number of aliphatic imine (C=N–C) groups is 1. The van der Waals surface area contributed by atoms with E-state index in [9.17, 15) is 18.3 Å². The van der Waals surface area contributed by atoms with Crippen molar-refractivity contribution < 1.29 is 23.0 Å². The summed E-state index contributed by atoms with van der Waals surface area (Å²) in [5.41, 5.74) is -0.324. The van der Waals surface area contributed by atoms with Crippen LogP contribution in [0.4, 0.5) is 18.9 Å². The zero-order chi connectivity index (χ0) is 16.3. The van der Waals surface area contributed by atoms with Crippen molar-refractivity contribution in [3.05, 3.63) is 52.0 Å². The number of phenolic OH excluding ortho intramolecular Hbond substituents is 1. The van der Waals surface area contributed by atoms with Crippen molar-refractivity contribution in [3.63, 3.8) is 0 Å². The lowest BCUT2D eigenvalue weighted by Gasteiger charge is -2.08. The third-order valence-electron chi connectivity index (χ3n) is 2.82. The van der Waals surface area contributed by atoms with Crippen molar-refractivity contribution in [1.82, 2.24) is 0 Å². The van der Waals surface area contributed by atoms with Gasteiger partial charge in [-0.15, -0.1) is 0 Å². The van der Waals surface area contributed by atoms with Gasteiger partial charge in [-0.05, 0) is 30.3 Å². The van der Waals surface area contributed by atoms with Crippen LogP contribution in [0.2, 0.25) is 0 Å². The molecule has 0 aliphatic heterocycles. The number of ether oxygens (including phenoxy) is 1. The van der Waals surface area contributed by atoms with E-state index in [1.54, 1.807) is 12.1 Å². The predicted octanol–water partition coefficient (Wildman–Crippen LogP) is 4.93. The van der Waals surface area contributed by atoms with Gasteiger partial charge in [-0.3, -0.25) is 4.99 Å². The second-order valence-corrected chi connectivity index (χ2v) is 5.27. The molecular formula is C15H11BrF3NO2. The number of aromatic hydroxyl groups is 1. The average molecular weight is 374 g/mol. The molecule has 0 saturated carbocycles. The molecular weight excluding hydrogens is 363 g/mol. The second-order valence-electron chi connectivity index (χ2n) is 4.35. The summed E-state index contributed by atoms with van der Waals surface area (Å²) in [6.45, 7) is 0. The lowest BCUT2D eigenvalue weighted by molar-refractivity contribution is -0.137. The van der Waals surface area contributed by atoms with Gasteiger partial charge < -0.3 is 9.84 Å². The molecule has 0 bridgehead atoms. The summed E-state index contributed by atoms with van der Waals surface area (Å²) in [6.07, 6.45) is -3.15. The summed E-state index contributed by atoms with van der Waals surface area (Å²) in [6, 6.07) is 7.77. The molecule has 1 N–H and O–H groups in total. The summed E-state index contributed by atoms with van der Waals surface area (Å²) in [4.78, 5) is 3.97. The predicted molar refractivity (Wildman–Crippen MR) is 81.1 cm³/mol. The van der Waals surface area contributed by atoms with Crippen LogP contribution < -0.4 is 4.74 Å². The Hall–Kier alpha value is -2.02. The first-order chi connectivity index (χ1) is 10.3. The monoisotopic (exact) mass is 373 g/mol. The Balaban J connectivity index is 2.35. The van der Waals surface area contributed by atoms with E-state index in [0.717, 1.165) is 12.1 Å². The number of methoxy groups -OCH3 is 1. The highest BCUT2D eigenvalue weighted by Crippen LogP contribution is 2.34. The van der Waals surface area contributed by atoms with Crippen molar-refractivity contribution >= 4 is 27.8 Å². The maximum absolute atomic E-state index is 12.6. The number of alkyl halides is 3. The molecule has 0 unspecified atom stereocenters. The van der Waals surface area contributed by atoms with Crippen LogP contribution in [0.25, 0.3) is 0 Å². The van der Waals surface area contributed by atoms with Crippen LogP contribution in [0.15, 0.2) is 45.9 Å². The van der Waals surface area contributed by atoms with E-state index < -0.39 is 11.7 Å².